The van der Waals surface area contributed by atoms with Crippen LogP contribution in [0.3, 0.4) is 0 Å². The van der Waals surface area contributed by atoms with Crippen LogP contribution in [0.1, 0.15) is 25.3 Å². The third-order valence-electron chi connectivity index (χ3n) is 5.01. The second-order valence-electron chi connectivity index (χ2n) is 7.41. The van der Waals surface area contributed by atoms with Gasteiger partial charge in [0.1, 0.15) is 17.8 Å². The molecule has 2 aromatic heterocycles. The summed E-state index contributed by atoms with van der Waals surface area (Å²) in [5.41, 5.74) is 7.90. The molecule has 7 nitrogen and oxygen atoms in total. The molecule has 1 atom stereocenters. The highest BCUT2D eigenvalue weighted by molar-refractivity contribution is 8.04. The van der Waals surface area contributed by atoms with Crippen molar-refractivity contribution in [2.75, 3.05) is 30.3 Å². The number of fused-ring (bicyclic) bond motifs is 1. The molecule has 2 aliphatic heterocycles. The molecule has 2 aromatic rings. The normalized spacial score (nSPS) is 23.1. The highest BCUT2D eigenvalue weighted by Gasteiger charge is 2.32. The standard InChI is InChI=1S/C18H24N6OS.ClH/c1-12-8-20-15-14(12)16(22-11-21-15)23-6-7-26-13(9-23)17(25)24-5-3-4-18(2,19)10-24;/h8-9,11H,3-7,10,19H2,1-2H3,(H,20,21,22);1H/t18-;/m0./s1. The van der Waals surface area contributed by atoms with Gasteiger partial charge in [0, 0.05) is 43.3 Å². The van der Waals surface area contributed by atoms with Gasteiger partial charge in [0.15, 0.2) is 0 Å². The SMILES string of the molecule is Cc1c[nH]c2ncnc(N3C=C(C(=O)N4CCC[C@](C)(N)C4)SCC3)c12.Cl. The number of carbonyl (C=O) groups excluding carboxylic acids is 1. The summed E-state index contributed by atoms with van der Waals surface area (Å²) in [6, 6.07) is 0. The van der Waals surface area contributed by atoms with Gasteiger partial charge in [-0.1, -0.05) is 0 Å². The number of aromatic nitrogens is 3. The minimum absolute atomic E-state index is 0. The molecule has 3 N–H and O–H groups in total. The summed E-state index contributed by atoms with van der Waals surface area (Å²) in [7, 11) is 0. The van der Waals surface area contributed by atoms with Gasteiger partial charge < -0.3 is 20.5 Å². The molecule has 4 rings (SSSR count). The van der Waals surface area contributed by atoms with Crippen molar-refractivity contribution in [2.45, 2.75) is 32.2 Å². The van der Waals surface area contributed by atoms with Crippen LogP contribution in [0.15, 0.2) is 23.6 Å². The number of H-pyrrole nitrogens is 1. The summed E-state index contributed by atoms with van der Waals surface area (Å²) in [5.74, 6) is 1.77. The first kappa shape index (κ1) is 20.0. The Hall–Kier alpha value is -1.77. The average molecular weight is 409 g/mol. The largest absolute Gasteiger partial charge is 0.346 e. The van der Waals surface area contributed by atoms with Crippen molar-refractivity contribution in [2.24, 2.45) is 5.73 Å². The Morgan fingerprint density at radius 3 is 2.96 bits per heavy atom. The molecule has 4 heterocycles. The van der Waals surface area contributed by atoms with Crippen LogP contribution in [-0.2, 0) is 4.79 Å². The predicted octanol–water partition coefficient (Wildman–Crippen LogP) is 2.42. The molecule has 27 heavy (non-hydrogen) atoms. The molecule has 2 aliphatic rings. The highest BCUT2D eigenvalue weighted by atomic mass is 35.5. The number of amides is 1. The lowest BCUT2D eigenvalue weighted by molar-refractivity contribution is -0.128. The number of anilines is 1. The summed E-state index contributed by atoms with van der Waals surface area (Å²) >= 11 is 1.61. The third kappa shape index (κ3) is 3.93. The van der Waals surface area contributed by atoms with E-state index in [0.717, 1.165) is 59.0 Å². The van der Waals surface area contributed by atoms with Gasteiger partial charge in [0.2, 0.25) is 0 Å². The van der Waals surface area contributed by atoms with Crippen LogP contribution >= 0.6 is 24.2 Å². The van der Waals surface area contributed by atoms with Crippen LogP contribution in [0.25, 0.3) is 11.0 Å². The number of aromatic amines is 1. The zero-order chi connectivity index (χ0) is 18.3. The highest BCUT2D eigenvalue weighted by Crippen LogP contribution is 2.32. The van der Waals surface area contributed by atoms with E-state index in [1.54, 1.807) is 18.1 Å². The van der Waals surface area contributed by atoms with Gasteiger partial charge in [-0.2, -0.15) is 0 Å². The molecule has 1 fully saturated rings. The number of nitrogens with zero attached hydrogens (tertiary/aromatic N) is 4. The molecule has 0 spiro atoms. The minimum Gasteiger partial charge on any atom is -0.346 e. The first-order chi connectivity index (χ1) is 12.4. The van der Waals surface area contributed by atoms with Crippen LogP contribution in [0.2, 0.25) is 0 Å². The number of aryl methyl sites for hydroxylation is 1. The van der Waals surface area contributed by atoms with Gasteiger partial charge >= 0.3 is 0 Å². The molecule has 0 unspecified atom stereocenters. The number of piperidine rings is 1. The molecular formula is C18H25ClN6OS. The average Bonchev–Trinajstić information content (AvgIpc) is 3.02. The Morgan fingerprint density at radius 1 is 1.37 bits per heavy atom. The van der Waals surface area contributed by atoms with Gasteiger partial charge in [-0.3, -0.25) is 4.79 Å². The van der Waals surface area contributed by atoms with Gasteiger partial charge in [-0.05, 0) is 32.3 Å². The Balaban J connectivity index is 0.00000210. The van der Waals surface area contributed by atoms with Crippen molar-refractivity contribution in [1.29, 1.82) is 0 Å². The van der Waals surface area contributed by atoms with E-state index in [9.17, 15) is 4.79 Å². The van der Waals surface area contributed by atoms with E-state index in [0.29, 0.717) is 6.54 Å². The van der Waals surface area contributed by atoms with Crippen LogP contribution in [0.5, 0.6) is 0 Å². The molecule has 0 aromatic carbocycles. The van der Waals surface area contributed by atoms with Crippen molar-refractivity contribution < 1.29 is 4.79 Å². The summed E-state index contributed by atoms with van der Waals surface area (Å²) in [5, 5.41) is 1.01. The smallest absolute Gasteiger partial charge is 0.261 e. The van der Waals surface area contributed by atoms with E-state index in [2.05, 4.69) is 19.9 Å². The van der Waals surface area contributed by atoms with E-state index in [1.807, 2.05) is 31.1 Å². The van der Waals surface area contributed by atoms with Crippen LogP contribution in [0, 0.1) is 6.92 Å². The number of rotatable bonds is 2. The molecule has 0 radical (unpaired) electrons. The number of thioether (sulfide) groups is 1. The molecule has 0 saturated carbocycles. The molecule has 146 valence electrons. The topological polar surface area (TPSA) is 91.1 Å². The molecule has 0 aliphatic carbocycles. The number of likely N-dealkylation sites (tertiary alicyclic amines) is 1. The second kappa shape index (κ2) is 7.69. The van der Waals surface area contributed by atoms with E-state index >= 15 is 0 Å². The van der Waals surface area contributed by atoms with Gasteiger partial charge in [0.05, 0.1) is 10.3 Å². The van der Waals surface area contributed by atoms with Crippen molar-refractivity contribution in [3.8, 4) is 0 Å². The van der Waals surface area contributed by atoms with Crippen molar-refractivity contribution in [3.63, 3.8) is 0 Å². The second-order valence-corrected chi connectivity index (χ2v) is 8.55. The maximum absolute atomic E-state index is 13.0. The van der Waals surface area contributed by atoms with Gasteiger partial charge in [-0.15, -0.1) is 24.2 Å². The van der Waals surface area contributed by atoms with E-state index in [-0.39, 0.29) is 23.9 Å². The quantitative estimate of drug-likeness (QED) is 0.792. The van der Waals surface area contributed by atoms with Gasteiger partial charge in [-0.25, -0.2) is 9.97 Å². The summed E-state index contributed by atoms with van der Waals surface area (Å²) in [4.78, 5) is 29.7. The Kier molecular flexibility index (Phi) is 5.69. The van der Waals surface area contributed by atoms with Crippen LogP contribution in [-0.4, -0.2) is 56.7 Å². The van der Waals surface area contributed by atoms with E-state index in [1.165, 1.54) is 0 Å². The van der Waals surface area contributed by atoms with Crippen LogP contribution in [0.4, 0.5) is 5.82 Å². The first-order valence-electron chi connectivity index (χ1n) is 8.93. The van der Waals surface area contributed by atoms with Crippen molar-refractivity contribution in [1.82, 2.24) is 19.9 Å². The molecule has 9 heteroatoms. The number of carbonyl (C=O) groups is 1. The molecule has 1 saturated heterocycles. The van der Waals surface area contributed by atoms with E-state index in [4.69, 9.17) is 5.73 Å². The molecule has 1 amide bonds. The lowest BCUT2D eigenvalue weighted by atomic mass is 9.92. The Labute approximate surface area is 169 Å². The number of hydrogen-bond donors (Lipinski definition) is 2. The monoisotopic (exact) mass is 408 g/mol. The molecular weight excluding hydrogens is 384 g/mol. The minimum atomic E-state index is -0.297. The van der Waals surface area contributed by atoms with Crippen LogP contribution < -0.4 is 10.6 Å². The summed E-state index contributed by atoms with van der Waals surface area (Å²) in [6.45, 7) is 6.26. The Bertz CT molecular complexity index is 880. The number of hydrogen-bond acceptors (Lipinski definition) is 6. The lowest BCUT2D eigenvalue weighted by Gasteiger charge is -2.38. The summed E-state index contributed by atoms with van der Waals surface area (Å²) < 4.78 is 0. The fourth-order valence-electron chi connectivity index (χ4n) is 3.69. The van der Waals surface area contributed by atoms with E-state index < -0.39 is 0 Å². The third-order valence-corrected chi connectivity index (χ3v) is 5.99. The maximum Gasteiger partial charge on any atom is 0.261 e. The number of nitrogens with two attached hydrogens (primary N) is 1. The maximum atomic E-state index is 13.0. The Morgan fingerprint density at radius 2 is 2.19 bits per heavy atom. The zero-order valence-corrected chi connectivity index (χ0v) is 17.2. The number of halogens is 1. The summed E-state index contributed by atoms with van der Waals surface area (Å²) in [6.07, 6.45) is 7.35. The lowest BCUT2D eigenvalue weighted by Crippen LogP contribution is -2.54. The fourth-order valence-corrected chi connectivity index (χ4v) is 4.66. The zero-order valence-electron chi connectivity index (χ0n) is 15.6. The predicted molar refractivity (Wildman–Crippen MR) is 112 cm³/mol. The first-order valence-corrected chi connectivity index (χ1v) is 9.91. The van der Waals surface area contributed by atoms with Gasteiger partial charge in [0.25, 0.3) is 5.91 Å². The molecule has 0 bridgehead atoms. The van der Waals surface area contributed by atoms with Crippen molar-refractivity contribution in [3.05, 3.63) is 29.2 Å². The fraction of sp³-hybridized carbons (Fsp3) is 0.500. The van der Waals surface area contributed by atoms with Crippen molar-refractivity contribution >= 4 is 46.9 Å². The number of nitrogens with one attached hydrogen (secondary N) is 1.